The number of thiophene rings is 1. The Morgan fingerprint density at radius 2 is 1.53 bits per heavy atom. The third-order valence-corrected chi connectivity index (χ3v) is 13.9. The van der Waals surface area contributed by atoms with Crippen molar-refractivity contribution in [2.24, 2.45) is 10.7 Å². The van der Waals surface area contributed by atoms with E-state index in [9.17, 15) is 14.4 Å². The van der Waals surface area contributed by atoms with Crippen LogP contribution >= 0.6 is 66.4 Å². The number of carbonyl (C=O) groups excluding carboxylic acids is 2. The zero-order valence-corrected chi connectivity index (χ0v) is 51.0. The second-order valence-electron chi connectivity index (χ2n) is 19.1. The molecule has 1 saturated heterocycles. The molecule has 12 rings (SSSR count). The number of ketones is 1. The molecule has 24 heteroatoms. The molecule has 8 N–H and O–H groups in total. The van der Waals surface area contributed by atoms with Crippen molar-refractivity contribution in [2.75, 3.05) is 36.1 Å². The molecular weight excluding hydrogens is 1250 g/mol. The minimum absolute atomic E-state index is 0.0623. The Hall–Kier alpha value is -7.96. The zero-order valence-electron chi connectivity index (χ0n) is 45.5. The number of nitrogens with two attached hydrogens (primary N) is 2. The lowest BCUT2D eigenvalue weighted by atomic mass is 10.1. The van der Waals surface area contributed by atoms with E-state index in [-0.39, 0.29) is 11.1 Å². The lowest BCUT2D eigenvalue weighted by molar-refractivity contribution is 0.0522. The second-order valence-corrected chi connectivity index (χ2v) is 22.7. The number of anilines is 5. The minimum atomic E-state index is -0.864. The Morgan fingerprint density at radius 3 is 2.13 bits per heavy atom. The Bertz CT molecular complexity index is 3810. The summed E-state index contributed by atoms with van der Waals surface area (Å²) in [7, 11) is 0. The van der Waals surface area contributed by atoms with E-state index < -0.39 is 17.7 Å². The highest BCUT2D eigenvalue weighted by atomic mass is 79.9. The number of ether oxygens (including phenoxy) is 2. The number of fused-ring (bicyclic) bond motifs is 3. The summed E-state index contributed by atoms with van der Waals surface area (Å²) in [6.45, 7) is 11.3. The summed E-state index contributed by atoms with van der Waals surface area (Å²) in [4.78, 5) is 61.5. The predicted octanol–water partition coefficient (Wildman–Crippen LogP) is 14.5. The summed E-state index contributed by atoms with van der Waals surface area (Å²) in [5.74, 6) is 1.34. The molecule has 83 heavy (non-hydrogen) atoms. The fourth-order valence-electron chi connectivity index (χ4n) is 7.42. The molecule has 0 bridgehead atoms. The van der Waals surface area contributed by atoms with Crippen molar-refractivity contribution in [2.45, 2.75) is 52.7 Å². The predicted molar refractivity (Wildman–Crippen MR) is 339 cm³/mol. The van der Waals surface area contributed by atoms with E-state index in [1.807, 2.05) is 107 Å². The number of allylic oxidation sites excluding steroid dienone is 1. The van der Waals surface area contributed by atoms with Crippen molar-refractivity contribution in [3.63, 3.8) is 0 Å². The van der Waals surface area contributed by atoms with Crippen molar-refractivity contribution in [1.29, 1.82) is 0 Å². The number of nitrogen functional groups attached to an aromatic ring is 1. The molecule has 1 fully saturated rings. The molecule has 0 aliphatic carbocycles. The molecule has 6 aromatic heterocycles. The van der Waals surface area contributed by atoms with E-state index >= 15 is 0 Å². The average molecular weight is 1310 g/mol. The van der Waals surface area contributed by atoms with Crippen LogP contribution in [-0.4, -0.2) is 100 Å². The van der Waals surface area contributed by atoms with Crippen LogP contribution in [0.4, 0.5) is 33.5 Å². The van der Waals surface area contributed by atoms with Crippen LogP contribution in [0.15, 0.2) is 160 Å². The zero-order chi connectivity index (χ0) is 59.6. The van der Waals surface area contributed by atoms with Gasteiger partial charge in [-0.2, -0.15) is 9.78 Å². The number of aromatic amines is 1. The number of carbonyl (C=O) groups is 3. The first-order valence-corrected chi connectivity index (χ1v) is 28.6. The second kappa shape index (κ2) is 29.8. The summed E-state index contributed by atoms with van der Waals surface area (Å²) in [5.41, 5.74) is 17.2. The van der Waals surface area contributed by atoms with Crippen molar-refractivity contribution in [3.05, 3.63) is 187 Å². The summed E-state index contributed by atoms with van der Waals surface area (Å²) in [6.07, 6.45) is 12.6. The van der Waals surface area contributed by atoms with Crippen LogP contribution in [0.25, 0.3) is 37.5 Å². The number of carboxylic acid groups (broad SMARTS) is 1. The van der Waals surface area contributed by atoms with Crippen LogP contribution in [0.3, 0.4) is 0 Å². The van der Waals surface area contributed by atoms with Gasteiger partial charge in [0.2, 0.25) is 5.28 Å². The summed E-state index contributed by atoms with van der Waals surface area (Å²) in [6, 6.07) is 34.4. The smallest absolute Gasteiger partial charge is 0.435 e. The van der Waals surface area contributed by atoms with E-state index in [2.05, 4.69) is 101 Å². The minimum Gasteiger partial charge on any atom is -0.477 e. The number of hydrogen-bond acceptors (Lipinski definition) is 17. The molecule has 428 valence electrons. The third-order valence-electron chi connectivity index (χ3n) is 11.4. The standard InChI is InChI=1S/C16H16ClN5O2.C15H14N4.C10H8BrNO.C9H5BrO2S.C5H5ClN2.C4H9NO/c1-16(2,3)24-15(23)22-12-5-4-11(8-10(12)9-19-22)20-13-6-7-18-14(17)21-13;1-11-17-9-7-15(18-11)19-14-4-2-12(3-5-14)13-6-8-16-10-13;1-6(13)9-4-7-2-3-8(11)5-10(7)12-9;10-6-2-1-5-3-8(9(11)12)13-7(5)4-6;6-4-3-8-2-1-5(4)7;5-4-1-2-6-3-4/h4-9H,1-3H3,(H,18,20,21);2-7,9-10H,8H2,1H3,(H,17,18,19);2-5,12H,1H3;1-4H,(H,11,12);1-3H,(H2,7,8);4H,1-3,5H2. The highest BCUT2D eigenvalue weighted by Gasteiger charge is 2.20. The Labute approximate surface area is 508 Å². The Kier molecular flexibility index (Phi) is 22.5. The number of carboxylic acids is 1. The number of aliphatic imine (C=N–C) groups is 1. The largest absolute Gasteiger partial charge is 0.477 e. The Morgan fingerprint density at radius 1 is 0.831 bits per heavy atom. The molecule has 4 aromatic carbocycles. The van der Waals surface area contributed by atoms with Crippen molar-refractivity contribution >= 4 is 157 Å². The number of benzene rings is 4. The number of aryl methyl sites for hydroxylation is 1. The van der Waals surface area contributed by atoms with Crippen LogP contribution in [-0.2, 0) is 9.47 Å². The van der Waals surface area contributed by atoms with Gasteiger partial charge in [0.05, 0.1) is 41.3 Å². The van der Waals surface area contributed by atoms with Crippen LogP contribution < -0.4 is 22.1 Å². The number of pyridine rings is 1. The molecule has 0 spiro atoms. The summed E-state index contributed by atoms with van der Waals surface area (Å²) < 4.78 is 14.5. The SMILES string of the molecule is CC(=O)c1cc2ccc(Br)cc2[nH]1.CC(C)(C)OC(=O)n1ncc2cc(Nc3ccnc(Cl)n3)ccc21.Cc1nccc(Nc2ccc(C3=CCN=C3)cc2)n1.NC1CCOC1.Nc1ccncc1Cl.O=C(O)c1cc2ccc(Br)cc2s1. The highest BCUT2D eigenvalue weighted by Crippen LogP contribution is 2.29. The van der Waals surface area contributed by atoms with Gasteiger partial charge in [0.15, 0.2) is 5.78 Å². The maximum Gasteiger partial charge on any atom is 0.435 e. The number of nitrogens with one attached hydrogen (secondary N) is 3. The molecule has 19 nitrogen and oxygen atoms in total. The number of halogens is 4. The lowest BCUT2D eigenvalue weighted by Crippen LogP contribution is -2.27. The van der Waals surface area contributed by atoms with Crippen molar-refractivity contribution < 1.29 is 29.0 Å². The highest BCUT2D eigenvalue weighted by molar-refractivity contribution is 9.10. The molecule has 1 unspecified atom stereocenters. The maximum atomic E-state index is 12.2. The molecular formula is C59H57Br2Cl2N13O6S. The quantitative estimate of drug-likeness (QED) is 0.0639. The van der Waals surface area contributed by atoms with E-state index in [0.717, 1.165) is 84.5 Å². The number of Topliss-reactive ketones (excluding diaryl/α,β-unsaturated/α-hetero) is 1. The van der Waals surface area contributed by atoms with Gasteiger partial charge in [-0.15, -0.1) is 11.3 Å². The molecule has 2 aliphatic rings. The van der Waals surface area contributed by atoms with Gasteiger partial charge < -0.3 is 41.7 Å². The van der Waals surface area contributed by atoms with Gasteiger partial charge >= 0.3 is 12.1 Å². The molecule has 0 saturated carbocycles. The monoisotopic (exact) mass is 1300 g/mol. The summed E-state index contributed by atoms with van der Waals surface area (Å²) in [5, 5.41) is 22.8. The first-order chi connectivity index (χ1) is 39.7. The van der Waals surface area contributed by atoms with Crippen LogP contribution in [0.1, 0.15) is 65.7 Å². The van der Waals surface area contributed by atoms with Crippen molar-refractivity contribution in [3.8, 4) is 0 Å². The summed E-state index contributed by atoms with van der Waals surface area (Å²) >= 11 is 19.3. The number of aromatic carboxylic acids is 1. The average Bonchev–Trinajstić information content (AvgIpc) is 4.48. The van der Waals surface area contributed by atoms with Gasteiger partial charge in [-0.1, -0.05) is 73.8 Å². The fraction of sp³-hybridized carbons (Fsp3) is 0.186. The van der Waals surface area contributed by atoms with Crippen LogP contribution in [0, 0.1) is 6.92 Å². The van der Waals surface area contributed by atoms with Gasteiger partial charge in [-0.3, -0.25) is 14.8 Å². The number of hydrogen-bond donors (Lipinski definition) is 6. The van der Waals surface area contributed by atoms with Gasteiger partial charge in [-0.05, 0) is 147 Å². The molecule has 2 aliphatic heterocycles. The lowest BCUT2D eigenvalue weighted by Gasteiger charge is -2.19. The van der Waals surface area contributed by atoms with E-state index in [1.54, 1.807) is 56.0 Å². The molecule has 10 aromatic rings. The topological polar surface area (TPSA) is 276 Å². The van der Waals surface area contributed by atoms with Crippen LogP contribution in [0.5, 0.6) is 0 Å². The Balaban J connectivity index is 0.000000151. The fourth-order valence-corrected chi connectivity index (χ4v) is 9.50. The van der Waals surface area contributed by atoms with Gasteiger partial charge in [0.1, 0.15) is 27.9 Å². The number of aromatic nitrogens is 8. The molecule has 0 radical (unpaired) electrons. The first kappa shape index (κ1) is 62.6. The maximum absolute atomic E-state index is 12.2. The molecule has 1 atom stereocenters. The van der Waals surface area contributed by atoms with E-state index in [0.29, 0.717) is 38.7 Å². The molecule has 0 amide bonds. The van der Waals surface area contributed by atoms with Gasteiger partial charge in [-0.25, -0.2) is 29.5 Å². The number of rotatable bonds is 7. The van der Waals surface area contributed by atoms with Crippen LogP contribution in [0.2, 0.25) is 10.3 Å². The van der Waals surface area contributed by atoms with Crippen molar-refractivity contribution in [1.82, 2.24) is 39.7 Å². The van der Waals surface area contributed by atoms with Gasteiger partial charge in [0, 0.05) is 91.9 Å². The molecule has 8 heterocycles. The number of nitrogens with zero attached hydrogens (tertiary/aromatic N) is 8. The third kappa shape index (κ3) is 19.6. The van der Waals surface area contributed by atoms with E-state index in [4.69, 9.17) is 49.2 Å². The first-order valence-electron chi connectivity index (χ1n) is 25.4. The van der Waals surface area contributed by atoms with E-state index in [1.165, 1.54) is 33.4 Å². The number of H-pyrrole nitrogens is 1. The van der Waals surface area contributed by atoms with Gasteiger partial charge in [0.25, 0.3) is 0 Å². The normalized spacial score (nSPS) is 13.1.